The van der Waals surface area contributed by atoms with E-state index in [9.17, 15) is 4.79 Å². The number of carbonyl (C=O) groups excluding carboxylic acids is 1. The summed E-state index contributed by atoms with van der Waals surface area (Å²) in [5, 5.41) is 8.73. The van der Waals surface area contributed by atoms with E-state index in [1.54, 1.807) is 7.11 Å². The van der Waals surface area contributed by atoms with Crippen LogP contribution in [0.1, 0.15) is 21.6 Å². The SMILES string of the molecule is COCCNCCNC(=O)c1csc(-c2ccc(C)cc2C)n1. The Morgan fingerprint density at radius 3 is 2.83 bits per heavy atom. The van der Waals surface area contributed by atoms with Gasteiger partial charge in [-0.2, -0.15) is 0 Å². The molecule has 1 heterocycles. The van der Waals surface area contributed by atoms with Crippen molar-refractivity contribution in [1.82, 2.24) is 15.6 Å². The van der Waals surface area contributed by atoms with Crippen LogP contribution in [0.4, 0.5) is 0 Å². The first-order valence-electron chi connectivity index (χ1n) is 7.63. The molecule has 0 spiro atoms. The van der Waals surface area contributed by atoms with Gasteiger partial charge in [0, 0.05) is 37.7 Å². The molecule has 6 heteroatoms. The number of methoxy groups -OCH3 is 1. The molecular formula is C17H23N3O2S. The summed E-state index contributed by atoms with van der Waals surface area (Å²) in [6.07, 6.45) is 0. The third kappa shape index (κ3) is 5.13. The lowest BCUT2D eigenvalue weighted by Gasteiger charge is -2.05. The highest BCUT2D eigenvalue weighted by atomic mass is 32.1. The second-order valence-corrected chi connectivity index (χ2v) is 6.21. The molecule has 2 rings (SSSR count). The second-order valence-electron chi connectivity index (χ2n) is 5.35. The molecule has 2 N–H and O–H groups in total. The van der Waals surface area contributed by atoms with Crippen LogP contribution < -0.4 is 10.6 Å². The number of hydrogen-bond acceptors (Lipinski definition) is 5. The van der Waals surface area contributed by atoms with Gasteiger partial charge in [-0.25, -0.2) is 4.98 Å². The quantitative estimate of drug-likeness (QED) is 0.728. The van der Waals surface area contributed by atoms with Gasteiger partial charge in [-0.05, 0) is 19.4 Å². The van der Waals surface area contributed by atoms with Crippen LogP contribution in [0.5, 0.6) is 0 Å². The number of aryl methyl sites for hydroxylation is 2. The Bertz CT molecular complexity index is 655. The van der Waals surface area contributed by atoms with Gasteiger partial charge in [0.15, 0.2) is 0 Å². The predicted molar refractivity (Wildman–Crippen MR) is 94.1 cm³/mol. The molecule has 0 aliphatic carbocycles. The molecule has 0 unspecified atom stereocenters. The van der Waals surface area contributed by atoms with E-state index < -0.39 is 0 Å². The van der Waals surface area contributed by atoms with E-state index in [1.165, 1.54) is 22.5 Å². The average Bonchev–Trinajstić information content (AvgIpc) is 3.00. The van der Waals surface area contributed by atoms with Crippen molar-refractivity contribution in [2.75, 3.05) is 33.4 Å². The molecule has 0 aliphatic heterocycles. The highest BCUT2D eigenvalue weighted by molar-refractivity contribution is 7.13. The minimum absolute atomic E-state index is 0.134. The number of carbonyl (C=O) groups is 1. The van der Waals surface area contributed by atoms with Crippen molar-refractivity contribution in [2.45, 2.75) is 13.8 Å². The summed E-state index contributed by atoms with van der Waals surface area (Å²) < 4.78 is 4.94. The van der Waals surface area contributed by atoms with Crippen LogP contribution in [0.3, 0.4) is 0 Å². The first-order valence-corrected chi connectivity index (χ1v) is 8.51. The number of benzene rings is 1. The highest BCUT2D eigenvalue weighted by Crippen LogP contribution is 2.27. The summed E-state index contributed by atoms with van der Waals surface area (Å²) in [6.45, 7) is 6.86. The first-order chi connectivity index (χ1) is 11.1. The Morgan fingerprint density at radius 1 is 1.26 bits per heavy atom. The molecule has 5 nitrogen and oxygen atoms in total. The smallest absolute Gasteiger partial charge is 0.270 e. The molecule has 23 heavy (non-hydrogen) atoms. The number of aromatic nitrogens is 1. The van der Waals surface area contributed by atoms with Gasteiger partial charge in [0.25, 0.3) is 5.91 Å². The van der Waals surface area contributed by atoms with Crippen LogP contribution >= 0.6 is 11.3 Å². The van der Waals surface area contributed by atoms with Crippen molar-refractivity contribution in [3.8, 4) is 10.6 Å². The largest absolute Gasteiger partial charge is 0.383 e. The maximum absolute atomic E-state index is 12.1. The maximum atomic E-state index is 12.1. The summed E-state index contributed by atoms with van der Waals surface area (Å²) in [4.78, 5) is 16.6. The van der Waals surface area contributed by atoms with Crippen LogP contribution in [0.25, 0.3) is 10.6 Å². The molecule has 124 valence electrons. The van der Waals surface area contributed by atoms with Gasteiger partial charge in [0.05, 0.1) is 6.61 Å². The van der Waals surface area contributed by atoms with Crippen LogP contribution in [0, 0.1) is 13.8 Å². The zero-order chi connectivity index (χ0) is 16.7. The van der Waals surface area contributed by atoms with Crippen molar-refractivity contribution in [2.24, 2.45) is 0 Å². The molecule has 0 aliphatic rings. The van der Waals surface area contributed by atoms with Gasteiger partial charge < -0.3 is 15.4 Å². The molecule has 0 fully saturated rings. The summed E-state index contributed by atoms with van der Waals surface area (Å²) in [5.74, 6) is -0.134. The van der Waals surface area contributed by atoms with Crippen LogP contribution in [0.15, 0.2) is 23.6 Å². The Hall–Kier alpha value is -1.76. The second kappa shape index (κ2) is 8.76. The molecule has 1 aromatic heterocycles. The van der Waals surface area contributed by atoms with Gasteiger partial charge in [0.1, 0.15) is 10.7 Å². The number of nitrogens with one attached hydrogen (secondary N) is 2. The van der Waals surface area contributed by atoms with Gasteiger partial charge in [0.2, 0.25) is 0 Å². The zero-order valence-corrected chi connectivity index (χ0v) is 14.6. The molecule has 0 radical (unpaired) electrons. The third-order valence-electron chi connectivity index (χ3n) is 3.42. The minimum Gasteiger partial charge on any atom is -0.383 e. The summed E-state index contributed by atoms with van der Waals surface area (Å²) in [5.41, 5.74) is 3.96. The molecule has 0 saturated heterocycles. The van der Waals surface area contributed by atoms with E-state index in [2.05, 4.69) is 47.7 Å². The fourth-order valence-electron chi connectivity index (χ4n) is 2.21. The average molecular weight is 333 g/mol. The maximum Gasteiger partial charge on any atom is 0.270 e. The Morgan fingerprint density at radius 2 is 2.09 bits per heavy atom. The molecule has 0 atom stereocenters. The number of rotatable bonds is 8. The fraction of sp³-hybridized carbons (Fsp3) is 0.412. The molecule has 1 aromatic carbocycles. The summed E-state index contributed by atoms with van der Waals surface area (Å²) >= 11 is 1.50. The fourth-order valence-corrected chi connectivity index (χ4v) is 3.10. The molecule has 0 saturated carbocycles. The number of nitrogens with zero attached hydrogens (tertiary/aromatic N) is 1. The van der Waals surface area contributed by atoms with E-state index in [0.717, 1.165) is 17.1 Å². The monoisotopic (exact) mass is 333 g/mol. The van der Waals surface area contributed by atoms with Crippen LogP contribution in [-0.2, 0) is 4.74 Å². The van der Waals surface area contributed by atoms with Gasteiger partial charge in [-0.15, -0.1) is 11.3 Å². The Balaban J connectivity index is 1.90. The van der Waals surface area contributed by atoms with E-state index in [-0.39, 0.29) is 5.91 Å². The van der Waals surface area contributed by atoms with Crippen molar-refractivity contribution in [3.05, 3.63) is 40.4 Å². The lowest BCUT2D eigenvalue weighted by atomic mass is 10.1. The van der Waals surface area contributed by atoms with Crippen LogP contribution in [-0.4, -0.2) is 44.2 Å². The standard InChI is InChI=1S/C17H23N3O2S/c1-12-4-5-14(13(2)10-12)17-20-15(11-23-17)16(21)19-7-6-18-8-9-22-3/h4-5,10-11,18H,6-9H2,1-3H3,(H,19,21). The number of thiazole rings is 1. The van der Waals surface area contributed by atoms with Crippen molar-refractivity contribution >= 4 is 17.2 Å². The number of amides is 1. The lowest BCUT2D eigenvalue weighted by molar-refractivity contribution is 0.0949. The normalized spacial score (nSPS) is 10.7. The van der Waals surface area contributed by atoms with E-state index in [0.29, 0.717) is 25.4 Å². The van der Waals surface area contributed by atoms with Gasteiger partial charge in [-0.3, -0.25) is 4.79 Å². The molecule has 1 amide bonds. The summed E-state index contributed by atoms with van der Waals surface area (Å²) in [6, 6.07) is 6.25. The first kappa shape index (κ1) is 17.6. The topological polar surface area (TPSA) is 63.2 Å². The van der Waals surface area contributed by atoms with Crippen molar-refractivity contribution in [1.29, 1.82) is 0 Å². The van der Waals surface area contributed by atoms with Gasteiger partial charge in [-0.1, -0.05) is 23.8 Å². The third-order valence-corrected chi connectivity index (χ3v) is 4.30. The Kier molecular flexibility index (Phi) is 6.70. The predicted octanol–water partition coefficient (Wildman–Crippen LogP) is 2.39. The van der Waals surface area contributed by atoms with E-state index >= 15 is 0 Å². The molecular weight excluding hydrogens is 310 g/mol. The lowest BCUT2D eigenvalue weighted by Crippen LogP contribution is -2.33. The number of ether oxygens (including phenoxy) is 1. The Labute approximate surface area is 141 Å². The summed E-state index contributed by atoms with van der Waals surface area (Å²) in [7, 11) is 1.67. The van der Waals surface area contributed by atoms with Crippen LogP contribution in [0.2, 0.25) is 0 Å². The molecule has 0 bridgehead atoms. The minimum atomic E-state index is -0.134. The zero-order valence-electron chi connectivity index (χ0n) is 13.8. The van der Waals surface area contributed by atoms with Crippen molar-refractivity contribution in [3.63, 3.8) is 0 Å². The van der Waals surface area contributed by atoms with E-state index in [4.69, 9.17) is 4.74 Å². The van der Waals surface area contributed by atoms with Crippen molar-refractivity contribution < 1.29 is 9.53 Å². The number of hydrogen-bond donors (Lipinski definition) is 2. The highest BCUT2D eigenvalue weighted by Gasteiger charge is 2.12. The van der Waals surface area contributed by atoms with E-state index in [1.807, 2.05) is 5.38 Å². The molecule has 2 aromatic rings. The van der Waals surface area contributed by atoms with Gasteiger partial charge >= 0.3 is 0 Å².